The first-order valence-corrected chi connectivity index (χ1v) is 10.2. The van der Waals surface area contributed by atoms with E-state index < -0.39 is 18.8 Å². The van der Waals surface area contributed by atoms with E-state index in [1.165, 1.54) is 6.08 Å². The molecule has 1 N–H and O–H groups in total. The van der Waals surface area contributed by atoms with Gasteiger partial charge in [-0.3, -0.25) is 9.36 Å². The summed E-state index contributed by atoms with van der Waals surface area (Å²) in [6, 6.07) is 0. The molecule has 0 aliphatic heterocycles. The number of ketones is 1. The molecule has 0 spiro atoms. The Hall–Kier alpha value is 0.180. The molecule has 0 bridgehead atoms. The quantitative estimate of drug-likeness (QED) is 0.278. The van der Waals surface area contributed by atoms with Crippen LogP contribution in [0.3, 0.4) is 0 Å². The van der Waals surface area contributed by atoms with E-state index in [-0.39, 0.29) is 28.9 Å². The van der Waals surface area contributed by atoms with Crippen LogP contribution in [0.25, 0.3) is 0 Å². The molecule has 0 fully saturated rings. The van der Waals surface area contributed by atoms with Crippen LogP contribution in [-0.4, -0.2) is 30.2 Å². The van der Waals surface area contributed by atoms with Gasteiger partial charge in [-0.15, -0.1) is 11.6 Å². The van der Waals surface area contributed by atoms with Crippen LogP contribution in [0.4, 0.5) is 0 Å². The molecular weight excluding hydrogens is 378 g/mol. The minimum Gasteiger partial charge on any atom is -0.292 e. The molecule has 1 aliphatic carbocycles. The number of rotatable bonds is 8. The third kappa shape index (κ3) is 4.58. The molecule has 6 nitrogen and oxygen atoms in total. The fourth-order valence-corrected chi connectivity index (χ4v) is 5.89. The van der Waals surface area contributed by atoms with Crippen molar-refractivity contribution in [2.45, 2.75) is 11.8 Å². The molecule has 1 rings (SSSR count). The van der Waals surface area contributed by atoms with Gasteiger partial charge in [0.05, 0.1) is 15.7 Å². The normalized spacial score (nSPS) is 19.4. The zero-order chi connectivity index (χ0) is 16.0. The second kappa shape index (κ2) is 8.72. The summed E-state index contributed by atoms with van der Waals surface area (Å²) in [5.74, 6) is -0.395. The van der Waals surface area contributed by atoms with Gasteiger partial charge in [0.15, 0.2) is 5.78 Å². The number of carbonyl (C=O) groups is 1. The van der Waals surface area contributed by atoms with E-state index >= 15 is 0 Å². The van der Waals surface area contributed by atoms with Crippen molar-refractivity contribution in [2.75, 3.05) is 19.1 Å². The Morgan fingerprint density at radius 2 is 2.10 bits per heavy atom. The minimum atomic E-state index is -3.59. The second-order valence-corrected chi connectivity index (χ2v) is 7.98. The van der Waals surface area contributed by atoms with Gasteiger partial charge in [-0.1, -0.05) is 17.7 Å². The van der Waals surface area contributed by atoms with E-state index in [4.69, 9.17) is 36.7 Å². The van der Waals surface area contributed by atoms with Crippen LogP contribution in [0.15, 0.2) is 27.1 Å². The first-order valence-electron chi connectivity index (χ1n) is 5.55. The molecule has 0 saturated carbocycles. The maximum atomic E-state index is 12.7. The smallest absolute Gasteiger partial charge is 0.292 e. The van der Waals surface area contributed by atoms with Crippen LogP contribution >= 0.6 is 54.9 Å². The highest BCUT2D eigenvalue weighted by Crippen LogP contribution is 2.64. The Balaban J connectivity index is 3.10. The SMILES string of the molecule is CSOP(=O)(OSC)C1=C(Cl)C(Cl)C(C(=O)CN=N)=CC1. The molecule has 0 radical (unpaired) electrons. The minimum absolute atomic E-state index is 0.0546. The van der Waals surface area contributed by atoms with Crippen molar-refractivity contribution in [2.24, 2.45) is 5.11 Å². The lowest BCUT2D eigenvalue weighted by molar-refractivity contribution is -0.114. The number of nitrogens with one attached hydrogen (secondary N) is 1. The summed E-state index contributed by atoms with van der Waals surface area (Å²) >= 11 is 14.1. The zero-order valence-corrected chi connectivity index (χ0v) is 15.2. The average molecular weight is 391 g/mol. The molecule has 0 aromatic carbocycles. The van der Waals surface area contributed by atoms with E-state index in [1.54, 1.807) is 12.5 Å². The monoisotopic (exact) mass is 390 g/mol. The van der Waals surface area contributed by atoms with E-state index in [1.807, 2.05) is 0 Å². The van der Waals surface area contributed by atoms with Gasteiger partial charge < -0.3 is 0 Å². The Kier molecular flexibility index (Phi) is 7.98. The Morgan fingerprint density at radius 3 is 2.57 bits per heavy atom. The fraction of sp³-hybridized carbons (Fsp3) is 0.500. The molecule has 1 aliphatic rings. The molecule has 11 heteroatoms. The molecule has 0 saturated heterocycles. The topological polar surface area (TPSA) is 88.8 Å². The van der Waals surface area contributed by atoms with Gasteiger partial charge in [0.25, 0.3) is 0 Å². The predicted molar refractivity (Wildman–Crippen MR) is 87.0 cm³/mol. The van der Waals surface area contributed by atoms with Gasteiger partial charge in [0, 0.05) is 24.5 Å². The third-order valence-corrected chi connectivity index (χ3v) is 7.50. The number of hydrogen-bond donors (Lipinski definition) is 1. The Labute approximate surface area is 141 Å². The lowest BCUT2D eigenvalue weighted by Gasteiger charge is -2.24. The van der Waals surface area contributed by atoms with E-state index in [0.29, 0.717) is 0 Å². The largest absolute Gasteiger partial charge is 0.380 e. The average Bonchev–Trinajstić information content (AvgIpc) is 2.42. The van der Waals surface area contributed by atoms with Gasteiger partial charge in [0.2, 0.25) is 0 Å². The van der Waals surface area contributed by atoms with Gasteiger partial charge in [0.1, 0.15) is 6.54 Å². The van der Waals surface area contributed by atoms with Crippen molar-refractivity contribution in [3.8, 4) is 0 Å². The maximum Gasteiger partial charge on any atom is 0.380 e. The van der Waals surface area contributed by atoms with E-state index in [0.717, 1.165) is 24.1 Å². The van der Waals surface area contributed by atoms with Crippen LogP contribution in [-0.2, 0) is 17.3 Å². The maximum absolute atomic E-state index is 12.7. The highest BCUT2D eigenvalue weighted by molar-refractivity contribution is 8.01. The molecule has 1 unspecified atom stereocenters. The van der Waals surface area contributed by atoms with Crippen molar-refractivity contribution in [1.29, 1.82) is 5.53 Å². The van der Waals surface area contributed by atoms with Crippen LogP contribution < -0.4 is 0 Å². The van der Waals surface area contributed by atoms with Gasteiger partial charge in [-0.05, 0) is 24.1 Å². The molecule has 0 aromatic heterocycles. The fourth-order valence-electron chi connectivity index (χ4n) is 1.65. The van der Waals surface area contributed by atoms with Crippen molar-refractivity contribution in [1.82, 2.24) is 0 Å². The number of Topliss-reactive ketones (excluding diaryl/α,β-unsaturated/α-hetero) is 1. The molecule has 1 atom stereocenters. The van der Waals surface area contributed by atoms with Crippen molar-refractivity contribution in [3.05, 3.63) is 22.0 Å². The molecule has 118 valence electrons. The van der Waals surface area contributed by atoms with Gasteiger partial charge in [-0.25, -0.2) is 13.5 Å². The van der Waals surface area contributed by atoms with Crippen LogP contribution in [0.2, 0.25) is 0 Å². The Bertz CT molecular complexity index is 531. The van der Waals surface area contributed by atoms with Crippen LogP contribution in [0, 0.1) is 5.53 Å². The number of carbonyl (C=O) groups excluding carboxylic acids is 1. The molecule has 0 amide bonds. The summed E-state index contributed by atoms with van der Waals surface area (Å²) in [5, 5.41) is 2.36. The lowest BCUT2D eigenvalue weighted by Crippen LogP contribution is -2.20. The van der Waals surface area contributed by atoms with E-state index in [2.05, 4.69) is 5.11 Å². The Morgan fingerprint density at radius 1 is 1.52 bits per heavy atom. The van der Waals surface area contributed by atoms with Crippen LogP contribution in [0.1, 0.15) is 6.42 Å². The summed E-state index contributed by atoms with van der Waals surface area (Å²) in [6.45, 7) is -0.297. The summed E-state index contributed by atoms with van der Waals surface area (Å²) in [6.07, 6.45) is 4.85. The number of halogens is 2. The molecule has 0 heterocycles. The van der Waals surface area contributed by atoms with Gasteiger partial charge >= 0.3 is 7.60 Å². The molecule has 21 heavy (non-hydrogen) atoms. The zero-order valence-electron chi connectivity index (χ0n) is 11.2. The highest BCUT2D eigenvalue weighted by atomic mass is 35.5. The second-order valence-electron chi connectivity index (χ2n) is 3.74. The van der Waals surface area contributed by atoms with Crippen LogP contribution in [0.5, 0.6) is 0 Å². The summed E-state index contributed by atoms with van der Waals surface area (Å²) in [4.78, 5) is 11.8. The van der Waals surface area contributed by atoms with Gasteiger partial charge in [-0.2, -0.15) is 5.11 Å². The lowest BCUT2D eigenvalue weighted by atomic mass is 10.0. The highest BCUT2D eigenvalue weighted by Gasteiger charge is 2.38. The van der Waals surface area contributed by atoms with Crippen molar-refractivity contribution < 1.29 is 17.3 Å². The number of allylic oxidation sites excluding steroid dienone is 3. The summed E-state index contributed by atoms with van der Waals surface area (Å²) in [5.41, 5.74) is 6.95. The number of hydrogen-bond acceptors (Lipinski definition) is 8. The third-order valence-electron chi connectivity index (χ3n) is 2.51. The standard InChI is InChI=1S/C10H13Cl2N2O4PS2/c1-20-17-19(16,18-21-2)8-4-3-6(7(15)5-14-13)9(11)10(8)12/h3,9,13H,4-5H2,1-2H3. The molecular formula is C10H13Cl2N2O4PS2. The molecule has 0 aromatic rings. The summed E-state index contributed by atoms with van der Waals surface area (Å²) < 4.78 is 23.0. The first-order chi connectivity index (χ1) is 9.91. The summed E-state index contributed by atoms with van der Waals surface area (Å²) in [7, 11) is -3.59. The van der Waals surface area contributed by atoms with E-state index in [9.17, 15) is 9.36 Å². The number of alkyl halides is 1. The van der Waals surface area contributed by atoms with Crippen molar-refractivity contribution in [3.63, 3.8) is 0 Å². The number of nitrogens with zero attached hydrogens (tertiary/aromatic N) is 1. The van der Waals surface area contributed by atoms with Crippen molar-refractivity contribution >= 4 is 60.7 Å². The predicted octanol–water partition coefficient (Wildman–Crippen LogP) is 4.76. The first kappa shape index (κ1) is 19.2.